The second-order valence-corrected chi connectivity index (χ2v) is 3.72. The van der Waals surface area contributed by atoms with Gasteiger partial charge in [-0.2, -0.15) is 0 Å². The minimum absolute atomic E-state index is 0.103. The Hall–Kier alpha value is -0.850. The first-order valence-corrected chi connectivity index (χ1v) is 5.55. The van der Waals surface area contributed by atoms with E-state index >= 15 is 0 Å². The Morgan fingerprint density at radius 3 is 2.50 bits per heavy atom. The molecule has 0 spiro atoms. The molecule has 0 nitrogen and oxygen atoms in total. The molecule has 0 N–H and O–H groups in total. The van der Waals surface area contributed by atoms with Crippen LogP contribution in [0.5, 0.6) is 0 Å². The minimum Gasteiger partial charge on any atom is -0.207 e. The molecule has 0 amide bonds. The first-order valence-electron chi connectivity index (χ1n) is 5.55. The molecule has 0 aromatic heterocycles. The van der Waals surface area contributed by atoms with Crippen molar-refractivity contribution in [3.8, 4) is 0 Å². The quantitative estimate of drug-likeness (QED) is 0.618. The average molecular weight is 194 g/mol. The lowest BCUT2D eigenvalue weighted by molar-refractivity contribution is 0.621. The van der Waals surface area contributed by atoms with Gasteiger partial charge in [0.2, 0.25) is 0 Å². The molecule has 0 fully saturated rings. The smallest absolute Gasteiger partial charge is 0.123 e. The van der Waals surface area contributed by atoms with Crippen LogP contribution in [0.4, 0.5) is 4.39 Å². The molecule has 1 heteroatoms. The normalized spacial score (nSPS) is 10.5. The van der Waals surface area contributed by atoms with Crippen molar-refractivity contribution in [3.63, 3.8) is 0 Å². The van der Waals surface area contributed by atoms with Crippen LogP contribution in [0.15, 0.2) is 18.2 Å². The maximum Gasteiger partial charge on any atom is 0.123 e. The number of hydrogen-bond donors (Lipinski definition) is 0. The third kappa shape index (κ3) is 3.13. The van der Waals surface area contributed by atoms with Crippen LogP contribution in [-0.2, 0) is 12.8 Å². The van der Waals surface area contributed by atoms with Crippen molar-refractivity contribution in [1.82, 2.24) is 0 Å². The molecule has 0 aliphatic carbocycles. The number of halogens is 1. The van der Waals surface area contributed by atoms with E-state index in [1.807, 2.05) is 6.07 Å². The predicted octanol–water partition coefficient (Wildman–Crippen LogP) is 4.12. The van der Waals surface area contributed by atoms with Crippen LogP contribution in [0.1, 0.15) is 44.2 Å². The van der Waals surface area contributed by atoms with Crippen LogP contribution in [0.2, 0.25) is 0 Å². The third-order valence-electron chi connectivity index (χ3n) is 2.60. The third-order valence-corrected chi connectivity index (χ3v) is 2.60. The van der Waals surface area contributed by atoms with Gasteiger partial charge in [-0.1, -0.05) is 32.8 Å². The second kappa shape index (κ2) is 5.79. The summed E-state index contributed by atoms with van der Waals surface area (Å²) in [5, 5.41) is 0. The fourth-order valence-electron chi connectivity index (χ4n) is 1.74. The Labute approximate surface area is 86.2 Å². The van der Waals surface area contributed by atoms with Crippen molar-refractivity contribution in [1.29, 1.82) is 0 Å². The standard InChI is InChI=1S/C13H19F/c1-3-5-6-7-12-10-13(14)9-8-11(12)4-2/h8-10H,3-7H2,1-2H3. The van der Waals surface area contributed by atoms with E-state index in [9.17, 15) is 4.39 Å². The Bertz CT molecular complexity index is 279. The highest BCUT2D eigenvalue weighted by Crippen LogP contribution is 2.15. The van der Waals surface area contributed by atoms with E-state index in [0.717, 1.165) is 12.8 Å². The van der Waals surface area contributed by atoms with E-state index in [0.29, 0.717) is 0 Å². The molecule has 1 aromatic rings. The van der Waals surface area contributed by atoms with Gasteiger partial charge in [0.05, 0.1) is 0 Å². The molecule has 0 radical (unpaired) electrons. The number of benzene rings is 1. The van der Waals surface area contributed by atoms with Crippen LogP contribution in [0.25, 0.3) is 0 Å². The Balaban J connectivity index is 2.67. The Morgan fingerprint density at radius 1 is 1.07 bits per heavy atom. The summed E-state index contributed by atoms with van der Waals surface area (Å²) in [6, 6.07) is 5.16. The molecular formula is C13H19F. The van der Waals surface area contributed by atoms with E-state index in [1.54, 1.807) is 12.1 Å². The van der Waals surface area contributed by atoms with Crippen LogP contribution < -0.4 is 0 Å². The second-order valence-electron chi connectivity index (χ2n) is 3.72. The van der Waals surface area contributed by atoms with E-state index < -0.39 is 0 Å². The summed E-state index contributed by atoms with van der Waals surface area (Å²) in [4.78, 5) is 0. The van der Waals surface area contributed by atoms with E-state index in [2.05, 4.69) is 13.8 Å². The van der Waals surface area contributed by atoms with Gasteiger partial charge in [0.15, 0.2) is 0 Å². The van der Waals surface area contributed by atoms with Crippen molar-refractivity contribution in [2.24, 2.45) is 0 Å². The zero-order valence-corrected chi connectivity index (χ0v) is 9.15. The maximum atomic E-state index is 13.0. The molecule has 0 saturated heterocycles. The lowest BCUT2D eigenvalue weighted by atomic mass is 9.99. The van der Waals surface area contributed by atoms with Gasteiger partial charge < -0.3 is 0 Å². The van der Waals surface area contributed by atoms with Crippen molar-refractivity contribution in [2.75, 3.05) is 0 Å². The molecule has 1 aromatic carbocycles. The summed E-state index contributed by atoms with van der Waals surface area (Å²) in [5.41, 5.74) is 2.49. The molecule has 0 saturated carbocycles. The molecular weight excluding hydrogens is 175 g/mol. The van der Waals surface area contributed by atoms with Crippen molar-refractivity contribution < 1.29 is 4.39 Å². The number of aryl methyl sites for hydroxylation is 2. The fourth-order valence-corrected chi connectivity index (χ4v) is 1.74. The van der Waals surface area contributed by atoms with Crippen molar-refractivity contribution in [3.05, 3.63) is 35.1 Å². The fraction of sp³-hybridized carbons (Fsp3) is 0.538. The maximum absolute atomic E-state index is 13.0. The van der Waals surface area contributed by atoms with Gasteiger partial charge in [-0.05, 0) is 42.5 Å². The first-order chi connectivity index (χ1) is 6.77. The molecule has 0 aliphatic heterocycles. The first kappa shape index (κ1) is 11.2. The summed E-state index contributed by atoms with van der Waals surface area (Å²) >= 11 is 0. The highest BCUT2D eigenvalue weighted by Gasteiger charge is 2.01. The van der Waals surface area contributed by atoms with Crippen molar-refractivity contribution >= 4 is 0 Å². The Kier molecular flexibility index (Phi) is 4.64. The van der Waals surface area contributed by atoms with Crippen molar-refractivity contribution in [2.45, 2.75) is 46.0 Å². The minimum atomic E-state index is -0.103. The van der Waals surface area contributed by atoms with Gasteiger partial charge >= 0.3 is 0 Å². The summed E-state index contributed by atoms with van der Waals surface area (Å²) in [6.45, 7) is 4.31. The predicted molar refractivity (Wildman–Crippen MR) is 59.0 cm³/mol. The van der Waals surface area contributed by atoms with Gasteiger partial charge in [-0.15, -0.1) is 0 Å². The van der Waals surface area contributed by atoms with E-state index in [-0.39, 0.29) is 5.82 Å². The molecule has 0 unspecified atom stereocenters. The van der Waals surface area contributed by atoms with E-state index in [1.165, 1.54) is 30.4 Å². The molecule has 78 valence electrons. The highest BCUT2D eigenvalue weighted by molar-refractivity contribution is 5.27. The Morgan fingerprint density at radius 2 is 1.86 bits per heavy atom. The number of unbranched alkanes of at least 4 members (excludes halogenated alkanes) is 2. The lowest BCUT2D eigenvalue weighted by Gasteiger charge is -2.07. The molecule has 0 aliphatic rings. The summed E-state index contributed by atoms with van der Waals surface area (Å²) in [6.07, 6.45) is 5.65. The monoisotopic (exact) mass is 194 g/mol. The van der Waals surface area contributed by atoms with Gasteiger partial charge in [-0.3, -0.25) is 0 Å². The van der Waals surface area contributed by atoms with Gasteiger partial charge in [0.25, 0.3) is 0 Å². The average Bonchev–Trinajstić information content (AvgIpc) is 2.19. The zero-order chi connectivity index (χ0) is 10.4. The highest BCUT2D eigenvalue weighted by atomic mass is 19.1. The summed E-state index contributed by atoms with van der Waals surface area (Å²) < 4.78 is 13.0. The van der Waals surface area contributed by atoms with Crippen LogP contribution >= 0.6 is 0 Å². The summed E-state index contributed by atoms with van der Waals surface area (Å²) in [7, 11) is 0. The molecule has 14 heavy (non-hydrogen) atoms. The molecule has 0 bridgehead atoms. The molecule has 0 atom stereocenters. The summed E-state index contributed by atoms with van der Waals surface area (Å²) in [5.74, 6) is -0.103. The van der Waals surface area contributed by atoms with Crippen LogP contribution in [-0.4, -0.2) is 0 Å². The molecule has 0 heterocycles. The topological polar surface area (TPSA) is 0 Å². The van der Waals surface area contributed by atoms with Crippen LogP contribution in [0, 0.1) is 5.82 Å². The largest absolute Gasteiger partial charge is 0.207 e. The molecule has 1 rings (SSSR count). The number of rotatable bonds is 5. The zero-order valence-electron chi connectivity index (χ0n) is 9.15. The van der Waals surface area contributed by atoms with Crippen LogP contribution in [0.3, 0.4) is 0 Å². The van der Waals surface area contributed by atoms with E-state index in [4.69, 9.17) is 0 Å². The van der Waals surface area contributed by atoms with Gasteiger partial charge in [-0.25, -0.2) is 4.39 Å². The SMILES string of the molecule is CCCCCc1cc(F)ccc1CC. The lowest BCUT2D eigenvalue weighted by Crippen LogP contribution is -1.94. The van der Waals surface area contributed by atoms with Gasteiger partial charge in [0.1, 0.15) is 5.82 Å². The number of hydrogen-bond acceptors (Lipinski definition) is 0. The van der Waals surface area contributed by atoms with Gasteiger partial charge in [0, 0.05) is 0 Å².